The molecule has 0 aromatic carbocycles. The molecular formula is C15H22O4. The van der Waals surface area contributed by atoms with Crippen LogP contribution in [0.25, 0.3) is 0 Å². The summed E-state index contributed by atoms with van der Waals surface area (Å²) < 4.78 is 10.8. The van der Waals surface area contributed by atoms with E-state index in [9.17, 15) is 9.59 Å². The largest absolute Gasteiger partial charge is 0.456 e. The molecule has 0 amide bonds. The van der Waals surface area contributed by atoms with E-state index in [4.69, 9.17) is 9.47 Å². The average molecular weight is 266 g/mol. The molecule has 4 nitrogen and oxygen atoms in total. The second kappa shape index (κ2) is 4.89. The van der Waals surface area contributed by atoms with Gasteiger partial charge in [0.1, 0.15) is 13.2 Å². The molecule has 0 aromatic rings. The van der Waals surface area contributed by atoms with E-state index in [1.54, 1.807) is 0 Å². The zero-order chi connectivity index (χ0) is 13.5. The molecule has 0 N–H and O–H groups in total. The van der Waals surface area contributed by atoms with Crippen molar-refractivity contribution in [3.63, 3.8) is 0 Å². The van der Waals surface area contributed by atoms with Gasteiger partial charge in [0.25, 0.3) is 0 Å². The average Bonchev–Trinajstić information content (AvgIpc) is 2.32. The summed E-state index contributed by atoms with van der Waals surface area (Å²) in [6.45, 7) is 1.27. The fourth-order valence-corrected chi connectivity index (χ4v) is 4.64. The Labute approximate surface area is 113 Å². The molecule has 0 aromatic heterocycles. The lowest BCUT2D eigenvalue weighted by Gasteiger charge is -2.56. The molecule has 4 rings (SSSR count). The minimum Gasteiger partial charge on any atom is -0.456 e. The molecule has 0 heterocycles. The first-order valence-electron chi connectivity index (χ1n) is 7.34. The zero-order valence-electron chi connectivity index (χ0n) is 11.5. The van der Waals surface area contributed by atoms with Crippen LogP contribution in [0.5, 0.6) is 0 Å². The van der Waals surface area contributed by atoms with Crippen LogP contribution in [0.1, 0.15) is 45.4 Å². The van der Waals surface area contributed by atoms with Crippen LogP contribution >= 0.6 is 0 Å². The summed E-state index contributed by atoms with van der Waals surface area (Å²) in [5, 5.41) is 0. The maximum absolute atomic E-state index is 11.5. The minimum absolute atomic E-state index is 0.000556. The number of hydrogen-bond acceptors (Lipinski definition) is 4. The number of ether oxygens (including phenoxy) is 2. The van der Waals surface area contributed by atoms with E-state index in [1.165, 1.54) is 26.2 Å². The second-order valence-electron chi connectivity index (χ2n) is 6.75. The molecule has 4 bridgehead atoms. The third-order valence-corrected chi connectivity index (χ3v) is 4.91. The van der Waals surface area contributed by atoms with Crippen molar-refractivity contribution >= 4 is 11.8 Å². The molecular weight excluding hydrogens is 244 g/mol. The van der Waals surface area contributed by atoms with Crippen LogP contribution in [-0.2, 0) is 19.1 Å². The molecule has 4 fully saturated rings. The van der Waals surface area contributed by atoms with Gasteiger partial charge in [-0.1, -0.05) is 0 Å². The molecule has 19 heavy (non-hydrogen) atoms. The van der Waals surface area contributed by atoms with Crippen molar-refractivity contribution in [2.75, 3.05) is 13.2 Å². The standard InChI is InChI=1S/C15H22O4/c1-10(16)8-18-14(17)9-19-15-5-11-2-12(6-15)4-13(3-11)7-15/h11-13H,2-9H2,1H3. The maximum Gasteiger partial charge on any atom is 0.332 e. The topological polar surface area (TPSA) is 52.6 Å². The van der Waals surface area contributed by atoms with Gasteiger partial charge in [-0.15, -0.1) is 0 Å². The highest BCUT2D eigenvalue weighted by atomic mass is 16.6. The summed E-state index contributed by atoms with van der Waals surface area (Å²) in [6.07, 6.45) is 7.41. The van der Waals surface area contributed by atoms with Gasteiger partial charge in [-0.05, 0) is 63.2 Å². The van der Waals surface area contributed by atoms with E-state index >= 15 is 0 Å². The number of ketones is 1. The number of Topliss-reactive ketones (excluding diaryl/α,β-unsaturated/α-hetero) is 1. The van der Waals surface area contributed by atoms with Crippen LogP contribution in [0.3, 0.4) is 0 Å². The van der Waals surface area contributed by atoms with E-state index < -0.39 is 5.97 Å². The predicted molar refractivity (Wildman–Crippen MR) is 68.5 cm³/mol. The van der Waals surface area contributed by atoms with Crippen LogP contribution in [0.4, 0.5) is 0 Å². The summed E-state index contributed by atoms with van der Waals surface area (Å²) >= 11 is 0. The Hall–Kier alpha value is -0.900. The normalized spacial score (nSPS) is 39.3. The van der Waals surface area contributed by atoms with Crippen molar-refractivity contribution in [1.29, 1.82) is 0 Å². The molecule has 4 aliphatic rings. The van der Waals surface area contributed by atoms with Crippen molar-refractivity contribution in [1.82, 2.24) is 0 Å². The van der Waals surface area contributed by atoms with Gasteiger partial charge < -0.3 is 9.47 Å². The molecule has 4 heteroatoms. The van der Waals surface area contributed by atoms with E-state index in [0.29, 0.717) is 0 Å². The molecule has 4 aliphatic carbocycles. The maximum atomic E-state index is 11.5. The molecule has 0 radical (unpaired) electrons. The van der Waals surface area contributed by atoms with Crippen LogP contribution in [0.2, 0.25) is 0 Å². The van der Waals surface area contributed by atoms with Crippen LogP contribution in [0, 0.1) is 17.8 Å². The van der Waals surface area contributed by atoms with Gasteiger partial charge in [0, 0.05) is 0 Å². The van der Waals surface area contributed by atoms with Crippen molar-refractivity contribution in [2.24, 2.45) is 17.8 Å². The van der Waals surface area contributed by atoms with Gasteiger partial charge in [0.15, 0.2) is 5.78 Å². The predicted octanol–water partition coefficient (Wildman–Crippen LogP) is 2.10. The monoisotopic (exact) mass is 266 g/mol. The molecule has 0 aliphatic heterocycles. The summed E-state index contributed by atoms with van der Waals surface area (Å²) in [7, 11) is 0. The van der Waals surface area contributed by atoms with Gasteiger partial charge in [-0.3, -0.25) is 4.79 Å². The number of esters is 1. The Morgan fingerprint density at radius 1 is 1.00 bits per heavy atom. The summed E-state index contributed by atoms with van der Waals surface area (Å²) in [5.41, 5.74) is -0.0655. The van der Waals surface area contributed by atoms with Crippen molar-refractivity contribution in [3.05, 3.63) is 0 Å². The fraction of sp³-hybridized carbons (Fsp3) is 0.867. The van der Waals surface area contributed by atoms with Gasteiger partial charge >= 0.3 is 5.97 Å². The second-order valence-corrected chi connectivity index (χ2v) is 6.75. The van der Waals surface area contributed by atoms with Gasteiger partial charge in [-0.2, -0.15) is 0 Å². The first kappa shape index (κ1) is 13.1. The highest BCUT2D eigenvalue weighted by molar-refractivity contribution is 5.80. The van der Waals surface area contributed by atoms with Gasteiger partial charge in [-0.25, -0.2) is 4.79 Å². The smallest absolute Gasteiger partial charge is 0.332 e. The highest BCUT2D eigenvalue weighted by Gasteiger charge is 2.51. The number of carbonyl (C=O) groups is 2. The number of carbonyl (C=O) groups excluding carboxylic acids is 2. The molecule has 106 valence electrons. The van der Waals surface area contributed by atoms with Crippen molar-refractivity contribution in [3.8, 4) is 0 Å². The number of rotatable bonds is 5. The van der Waals surface area contributed by atoms with Gasteiger partial charge in [0.2, 0.25) is 0 Å². The SMILES string of the molecule is CC(=O)COC(=O)COC12CC3CC(CC(C3)C1)C2. The summed E-state index contributed by atoms with van der Waals surface area (Å²) in [4.78, 5) is 22.3. The van der Waals surface area contributed by atoms with Gasteiger partial charge in [0.05, 0.1) is 5.60 Å². The zero-order valence-corrected chi connectivity index (χ0v) is 11.5. The lowest BCUT2D eigenvalue weighted by molar-refractivity contribution is -0.182. The molecule has 4 saturated carbocycles. The van der Waals surface area contributed by atoms with E-state index in [2.05, 4.69) is 0 Å². The first-order valence-corrected chi connectivity index (χ1v) is 7.34. The van der Waals surface area contributed by atoms with Crippen LogP contribution in [0.15, 0.2) is 0 Å². The van der Waals surface area contributed by atoms with Crippen LogP contribution < -0.4 is 0 Å². The summed E-state index contributed by atoms with van der Waals surface area (Å²) in [6, 6.07) is 0. The molecule has 0 atom stereocenters. The molecule has 0 saturated heterocycles. The lowest BCUT2D eigenvalue weighted by Crippen LogP contribution is -2.52. The first-order chi connectivity index (χ1) is 9.05. The Balaban J connectivity index is 1.52. The molecule has 0 unspecified atom stereocenters. The van der Waals surface area contributed by atoms with E-state index in [1.807, 2.05) is 0 Å². The third-order valence-electron chi connectivity index (χ3n) is 4.91. The van der Waals surface area contributed by atoms with Crippen molar-refractivity contribution < 1.29 is 19.1 Å². The van der Waals surface area contributed by atoms with E-state index in [0.717, 1.165) is 37.0 Å². The summed E-state index contributed by atoms with van der Waals surface area (Å²) in [5.74, 6) is 1.87. The lowest BCUT2D eigenvalue weighted by atomic mass is 9.54. The van der Waals surface area contributed by atoms with E-state index in [-0.39, 0.29) is 24.6 Å². The Morgan fingerprint density at radius 3 is 2.00 bits per heavy atom. The molecule has 0 spiro atoms. The Morgan fingerprint density at radius 2 is 1.53 bits per heavy atom. The third kappa shape index (κ3) is 2.83. The fourth-order valence-electron chi connectivity index (χ4n) is 4.64. The Bertz CT molecular complexity index is 352. The highest BCUT2D eigenvalue weighted by Crippen LogP contribution is 2.57. The quantitative estimate of drug-likeness (QED) is 0.715. The Kier molecular flexibility index (Phi) is 3.37. The number of hydrogen-bond donors (Lipinski definition) is 0. The van der Waals surface area contributed by atoms with Crippen molar-refractivity contribution in [2.45, 2.75) is 51.0 Å². The van der Waals surface area contributed by atoms with Crippen LogP contribution in [-0.4, -0.2) is 30.6 Å². The minimum atomic E-state index is -0.411.